The number of ether oxygens (including phenoxy) is 3. The number of hydrogen-bond donors (Lipinski definition) is 1. The number of amides is 1. The molecule has 1 aliphatic heterocycles. The average Bonchev–Trinajstić information content (AvgIpc) is 3.60. The van der Waals surface area contributed by atoms with Gasteiger partial charge < -0.3 is 19.1 Å². The molecule has 9 heteroatoms. The molecule has 1 saturated heterocycles. The Labute approximate surface area is 231 Å². The highest BCUT2D eigenvalue weighted by Gasteiger charge is 2.43. The molecule has 1 aromatic heterocycles. The van der Waals surface area contributed by atoms with Gasteiger partial charge in [0.1, 0.15) is 18.1 Å². The number of fused-ring (bicyclic) bond motifs is 2. The second kappa shape index (κ2) is 12.2. The number of morpholine rings is 1. The summed E-state index contributed by atoms with van der Waals surface area (Å²) < 4.78 is 16.8. The van der Waals surface area contributed by atoms with Gasteiger partial charge in [-0.1, -0.05) is 13.3 Å². The summed E-state index contributed by atoms with van der Waals surface area (Å²) in [6.45, 7) is 9.84. The van der Waals surface area contributed by atoms with Crippen LogP contribution in [0.5, 0.6) is 5.75 Å². The lowest BCUT2D eigenvalue weighted by Gasteiger charge is -2.34. The van der Waals surface area contributed by atoms with E-state index in [1.54, 1.807) is 12.0 Å². The standard InChI is InChI=1S/C30H43N5O4/c1-6-7-24(29-23-16-21-15-22(21)17-26(23)32-33-29)31-25-18-27(28(14-19(25)2)39-13-12-37-5)34(4)30(36)20(3)35-8-10-38-11-9-35/h14,18,20-22H,6-13,15-17H2,1-5H3,(H,32,33). The highest BCUT2D eigenvalue weighted by Crippen LogP contribution is 2.48. The predicted octanol–water partition coefficient (Wildman–Crippen LogP) is 4.08. The summed E-state index contributed by atoms with van der Waals surface area (Å²) >= 11 is 0. The van der Waals surface area contributed by atoms with Crippen LogP contribution in [0.4, 0.5) is 11.4 Å². The Hall–Kier alpha value is -2.75. The Balaban J connectivity index is 1.48. The van der Waals surface area contributed by atoms with E-state index in [9.17, 15) is 4.79 Å². The van der Waals surface area contributed by atoms with E-state index in [0.29, 0.717) is 37.9 Å². The fraction of sp³-hybridized carbons (Fsp3) is 0.633. The lowest BCUT2D eigenvalue weighted by molar-refractivity contribution is -0.124. The van der Waals surface area contributed by atoms with Gasteiger partial charge >= 0.3 is 0 Å². The molecule has 1 amide bonds. The predicted molar refractivity (Wildman–Crippen MR) is 153 cm³/mol. The molecule has 9 nitrogen and oxygen atoms in total. The molecule has 3 aliphatic rings. The van der Waals surface area contributed by atoms with Gasteiger partial charge in [-0.05, 0) is 69.1 Å². The zero-order valence-electron chi connectivity index (χ0n) is 24.1. The molecule has 39 heavy (non-hydrogen) atoms. The molecular weight excluding hydrogens is 494 g/mol. The fourth-order valence-electron chi connectivity index (χ4n) is 5.88. The van der Waals surface area contributed by atoms with Gasteiger partial charge in [0.2, 0.25) is 5.91 Å². The molecule has 2 heterocycles. The maximum atomic E-state index is 13.6. The molecule has 3 atom stereocenters. The van der Waals surface area contributed by atoms with Gasteiger partial charge in [-0.25, -0.2) is 0 Å². The zero-order chi connectivity index (χ0) is 27.5. The number of rotatable bonds is 11. The van der Waals surface area contributed by atoms with Gasteiger partial charge in [0.15, 0.2) is 0 Å². The topological polar surface area (TPSA) is 92.3 Å². The molecular formula is C30H43N5O4. The number of aryl methyl sites for hydroxylation is 1. The van der Waals surface area contributed by atoms with Gasteiger partial charge in [-0.3, -0.25) is 19.8 Å². The van der Waals surface area contributed by atoms with Crippen molar-refractivity contribution in [3.63, 3.8) is 0 Å². The number of hydrogen-bond acceptors (Lipinski definition) is 7. The van der Waals surface area contributed by atoms with Crippen molar-refractivity contribution in [1.29, 1.82) is 0 Å². The van der Waals surface area contributed by atoms with Gasteiger partial charge in [0, 0.05) is 38.5 Å². The molecule has 2 aliphatic carbocycles. The minimum absolute atomic E-state index is 0.0152. The lowest BCUT2D eigenvalue weighted by Crippen LogP contribution is -2.50. The number of nitrogens with one attached hydrogen (secondary N) is 1. The SMILES string of the molecule is CCCC(=Nc1cc(N(C)C(=O)C(C)N2CCOCC2)c(OCCOC)cc1C)c1n[nH]c2c1CC1CC1C2. The summed E-state index contributed by atoms with van der Waals surface area (Å²) in [6, 6.07) is 3.72. The maximum Gasteiger partial charge on any atom is 0.243 e. The van der Waals surface area contributed by atoms with Gasteiger partial charge in [-0.15, -0.1) is 0 Å². The number of aromatic nitrogens is 2. The van der Waals surface area contributed by atoms with E-state index in [4.69, 9.17) is 24.3 Å². The van der Waals surface area contributed by atoms with E-state index in [-0.39, 0.29) is 11.9 Å². The number of carbonyl (C=O) groups is 1. The van der Waals surface area contributed by atoms with E-state index in [0.717, 1.165) is 73.3 Å². The molecule has 1 aromatic carbocycles. The van der Waals surface area contributed by atoms with Crippen molar-refractivity contribution in [3.8, 4) is 5.75 Å². The molecule has 2 aromatic rings. The summed E-state index contributed by atoms with van der Waals surface area (Å²) in [4.78, 5) is 22.7. The first-order valence-electron chi connectivity index (χ1n) is 14.4. The molecule has 212 valence electrons. The molecule has 3 unspecified atom stereocenters. The number of aromatic amines is 1. The summed E-state index contributed by atoms with van der Waals surface area (Å²) in [5, 5.41) is 8.07. The summed E-state index contributed by atoms with van der Waals surface area (Å²) in [5.74, 6) is 2.31. The van der Waals surface area contributed by atoms with Crippen molar-refractivity contribution in [2.75, 3.05) is 58.6 Å². The normalized spacial score (nSPS) is 21.7. The largest absolute Gasteiger partial charge is 0.489 e. The summed E-state index contributed by atoms with van der Waals surface area (Å²) in [6.07, 6.45) is 5.36. The number of carbonyl (C=O) groups excluding carboxylic acids is 1. The van der Waals surface area contributed by atoms with Crippen molar-refractivity contribution in [2.45, 2.75) is 58.9 Å². The fourth-order valence-corrected chi connectivity index (χ4v) is 5.88. The van der Waals surface area contributed by atoms with Crippen molar-refractivity contribution in [1.82, 2.24) is 15.1 Å². The number of H-pyrrole nitrogens is 1. The van der Waals surface area contributed by atoms with Crippen LogP contribution < -0.4 is 9.64 Å². The lowest BCUT2D eigenvalue weighted by atomic mass is 9.93. The van der Waals surface area contributed by atoms with Crippen LogP contribution in [-0.4, -0.2) is 86.4 Å². The number of aliphatic imine (C=N–C) groups is 1. The van der Waals surface area contributed by atoms with Crippen molar-refractivity contribution in [2.24, 2.45) is 16.8 Å². The molecule has 0 spiro atoms. The Morgan fingerprint density at radius 2 is 2.03 bits per heavy atom. The van der Waals surface area contributed by atoms with Crippen molar-refractivity contribution >= 4 is 23.0 Å². The average molecular weight is 538 g/mol. The van der Waals surface area contributed by atoms with Crippen LogP contribution in [0, 0.1) is 18.8 Å². The summed E-state index contributed by atoms with van der Waals surface area (Å²) in [7, 11) is 3.48. The van der Waals surface area contributed by atoms with Gasteiger partial charge in [-0.2, -0.15) is 5.10 Å². The van der Waals surface area contributed by atoms with Crippen LogP contribution in [0.3, 0.4) is 0 Å². The third-order valence-electron chi connectivity index (χ3n) is 8.44. The summed E-state index contributed by atoms with van der Waals surface area (Å²) in [5.41, 5.74) is 7.20. The highest BCUT2D eigenvalue weighted by molar-refractivity contribution is 6.03. The first-order valence-corrected chi connectivity index (χ1v) is 14.4. The smallest absolute Gasteiger partial charge is 0.243 e. The number of likely N-dealkylation sites (N-methyl/N-ethyl adjacent to an activating group) is 1. The van der Waals surface area contributed by atoms with E-state index in [1.165, 1.54) is 17.7 Å². The number of methoxy groups -OCH3 is 1. The van der Waals surface area contributed by atoms with Crippen molar-refractivity contribution < 1.29 is 19.0 Å². The van der Waals surface area contributed by atoms with E-state index < -0.39 is 0 Å². The van der Waals surface area contributed by atoms with Crippen LogP contribution in [-0.2, 0) is 27.1 Å². The minimum Gasteiger partial charge on any atom is -0.489 e. The van der Waals surface area contributed by atoms with E-state index >= 15 is 0 Å². The molecule has 0 bridgehead atoms. The Kier molecular flexibility index (Phi) is 8.69. The van der Waals surface area contributed by atoms with Gasteiger partial charge in [0.25, 0.3) is 0 Å². The maximum absolute atomic E-state index is 13.6. The monoisotopic (exact) mass is 537 g/mol. The molecule has 1 saturated carbocycles. The van der Waals surface area contributed by atoms with Crippen LogP contribution >= 0.6 is 0 Å². The quantitative estimate of drug-likeness (QED) is 0.343. The third-order valence-corrected chi connectivity index (χ3v) is 8.44. The van der Waals surface area contributed by atoms with E-state index in [1.807, 2.05) is 33.0 Å². The Bertz CT molecular complexity index is 1200. The van der Waals surface area contributed by atoms with Crippen LogP contribution in [0.1, 0.15) is 55.6 Å². The van der Waals surface area contributed by atoms with Crippen LogP contribution in [0.15, 0.2) is 17.1 Å². The number of nitrogens with zero attached hydrogens (tertiary/aromatic N) is 4. The molecule has 5 rings (SSSR count). The second-order valence-electron chi connectivity index (χ2n) is 11.2. The number of anilines is 1. The zero-order valence-corrected chi connectivity index (χ0v) is 24.1. The van der Waals surface area contributed by atoms with E-state index in [2.05, 4.69) is 16.9 Å². The third kappa shape index (κ3) is 6.05. The van der Waals surface area contributed by atoms with Crippen molar-refractivity contribution in [3.05, 3.63) is 34.6 Å². The minimum atomic E-state index is -0.267. The first-order chi connectivity index (χ1) is 18.9. The molecule has 0 radical (unpaired) electrons. The number of benzene rings is 1. The molecule has 1 N–H and O–H groups in total. The highest BCUT2D eigenvalue weighted by atomic mass is 16.5. The second-order valence-corrected chi connectivity index (χ2v) is 11.2. The van der Waals surface area contributed by atoms with Crippen LogP contribution in [0.25, 0.3) is 0 Å². The Morgan fingerprint density at radius 3 is 2.77 bits per heavy atom. The first kappa shape index (κ1) is 27.8. The molecule has 2 fully saturated rings. The Morgan fingerprint density at radius 1 is 1.26 bits per heavy atom. The van der Waals surface area contributed by atoms with Gasteiger partial charge in [0.05, 0.1) is 42.9 Å². The van der Waals surface area contributed by atoms with Crippen LogP contribution in [0.2, 0.25) is 0 Å².